The van der Waals surface area contributed by atoms with Crippen LogP contribution in [0.1, 0.15) is 34.6 Å². The van der Waals surface area contributed by atoms with E-state index in [-0.39, 0.29) is 11.5 Å². The highest BCUT2D eigenvalue weighted by molar-refractivity contribution is 6.34. The first-order valence-corrected chi connectivity index (χ1v) is 12.6. The number of hydrogen-bond acceptors (Lipinski definition) is 6. The second-order valence-corrected chi connectivity index (χ2v) is 9.01. The first-order chi connectivity index (χ1) is 18.8. The zero-order chi connectivity index (χ0) is 30.0. The highest BCUT2D eigenvalue weighted by Gasteiger charge is 2.38. The molecule has 218 valence electrons. The third-order valence-electron chi connectivity index (χ3n) is 6.04. The van der Waals surface area contributed by atoms with Crippen LogP contribution in [0.2, 0.25) is 5.02 Å². The molecule has 0 saturated carbocycles. The lowest BCUT2D eigenvalue weighted by atomic mass is 10.1. The zero-order valence-corrected chi connectivity index (χ0v) is 22.6. The Labute approximate surface area is 233 Å². The second-order valence-electron chi connectivity index (χ2n) is 8.60. The number of anilines is 2. The normalized spacial score (nSPS) is 13.6. The van der Waals surface area contributed by atoms with E-state index in [0.717, 1.165) is 5.69 Å². The molecule has 3 rings (SSSR count). The summed E-state index contributed by atoms with van der Waals surface area (Å²) in [6.45, 7) is 8.37. The summed E-state index contributed by atoms with van der Waals surface area (Å²) in [5.74, 6) is -4.12. The summed E-state index contributed by atoms with van der Waals surface area (Å²) < 4.78 is 31.7. The summed E-state index contributed by atoms with van der Waals surface area (Å²) in [7, 11) is 0. The molecule has 3 N–H and O–H groups in total. The molecule has 0 unspecified atom stereocenters. The molecule has 1 saturated heterocycles. The van der Waals surface area contributed by atoms with Gasteiger partial charge in [-0.2, -0.15) is 13.2 Å². The highest BCUT2D eigenvalue weighted by Crippen LogP contribution is 2.29. The Morgan fingerprint density at radius 3 is 2.05 bits per heavy atom. The number of aromatic carboxylic acids is 1. The highest BCUT2D eigenvalue weighted by atomic mass is 35.5. The Morgan fingerprint density at radius 2 is 1.55 bits per heavy atom. The summed E-state index contributed by atoms with van der Waals surface area (Å²) in [6.07, 6.45) is -5.08. The van der Waals surface area contributed by atoms with Gasteiger partial charge in [0.1, 0.15) is 0 Å². The third kappa shape index (κ3) is 9.12. The number of aliphatic carboxylic acids is 1. The van der Waals surface area contributed by atoms with Crippen molar-refractivity contribution < 1.29 is 42.6 Å². The SMILES string of the molecule is CCN(CC)C(=O)CN1CCN(c2ccc(C(=O)O)cc2NC(=O)c2ccccc2Cl)CC1.O=C(O)C(F)(F)F. The first-order valence-electron chi connectivity index (χ1n) is 12.3. The van der Waals surface area contributed by atoms with E-state index in [4.69, 9.17) is 21.5 Å². The van der Waals surface area contributed by atoms with Crippen molar-refractivity contribution in [2.75, 3.05) is 56.0 Å². The summed E-state index contributed by atoms with van der Waals surface area (Å²) >= 11 is 6.15. The molecule has 0 aromatic heterocycles. The number of carboxylic acid groups (broad SMARTS) is 2. The number of hydrogen-bond donors (Lipinski definition) is 3. The molecule has 0 bridgehead atoms. The molecule has 1 aliphatic rings. The van der Waals surface area contributed by atoms with E-state index in [1.165, 1.54) is 12.1 Å². The smallest absolute Gasteiger partial charge is 0.478 e. The number of carbonyl (C=O) groups is 4. The molecule has 2 amide bonds. The van der Waals surface area contributed by atoms with Crippen LogP contribution in [0.3, 0.4) is 0 Å². The molecule has 10 nitrogen and oxygen atoms in total. The van der Waals surface area contributed by atoms with E-state index in [0.29, 0.717) is 62.1 Å². The average molecular weight is 587 g/mol. The Balaban J connectivity index is 0.000000708. The lowest BCUT2D eigenvalue weighted by molar-refractivity contribution is -0.192. The third-order valence-corrected chi connectivity index (χ3v) is 6.37. The number of nitrogens with one attached hydrogen (secondary N) is 1. The fourth-order valence-corrected chi connectivity index (χ4v) is 4.12. The van der Waals surface area contributed by atoms with E-state index in [1.54, 1.807) is 30.3 Å². The van der Waals surface area contributed by atoms with Crippen molar-refractivity contribution in [3.05, 3.63) is 58.6 Å². The van der Waals surface area contributed by atoms with Gasteiger partial charge in [0.05, 0.1) is 34.1 Å². The Kier molecular flexibility index (Phi) is 11.7. The van der Waals surface area contributed by atoms with Crippen molar-refractivity contribution in [3.63, 3.8) is 0 Å². The lowest BCUT2D eigenvalue weighted by Gasteiger charge is -2.37. The van der Waals surface area contributed by atoms with E-state index >= 15 is 0 Å². The van der Waals surface area contributed by atoms with E-state index in [2.05, 4.69) is 15.1 Å². The van der Waals surface area contributed by atoms with Crippen molar-refractivity contribution in [3.8, 4) is 0 Å². The number of likely N-dealkylation sites (N-methyl/N-ethyl adjacent to an activating group) is 1. The lowest BCUT2D eigenvalue weighted by Crippen LogP contribution is -2.50. The largest absolute Gasteiger partial charge is 0.490 e. The molecule has 40 heavy (non-hydrogen) atoms. The van der Waals surface area contributed by atoms with Gasteiger partial charge in [-0.25, -0.2) is 9.59 Å². The summed E-state index contributed by atoms with van der Waals surface area (Å²) in [4.78, 5) is 51.7. The first kappa shape index (κ1) is 32.4. The maximum Gasteiger partial charge on any atom is 0.490 e. The predicted molar refractivity (Wildman–Crippen MR) is 143 cm³/mol. The van der Waals surface area contributed by atoms with Gasteiger partial charge in [0.25, 0.3) is 5.91 Å². The number of amides is 2. The van der Waals surface area contributed by atoms with Gasteiger partial charge in [0.2, 0.25) is 5.91 Å². The molecular formula is C26H30ClF3N4O6. The number of carboxylic acids is 2. The van der Waals surface area contributed by atoms with Crippen LogP contribution in [0.15, 0.2) is 42.5 Å². The number of carbonyl (C=O) groups excluding carboxylic acids is 2. The topological polar surface area (TPSA) is 130 Å². The van der Waals surface area contributed by atoms with Gasteiger partial charge in [0.15, 0.2) is 0 Å². The van der Waals surface area contributed by atoms with E-state index in [1.807, 2.05) is 18.7 Å². The Hall–Kier alpha value is -3.84. The number of rotatable bonds is 8. The number of halogens is 4. The number of alkyl halides is 3. The molecule has 0 spiro atoms. The van der Waals surface area contributed by atoms with Crippen molar-refractivity contribution in [2.24, 2.45) is 0 Å². The van der Waals surface area contributed by atoms with E-state index < -0.39 is 24.0 Å². The quantitative estimate of drug-likeness (QED) is 0.424. The van der Waals surface area contributed by atoms with Crippen LogP contribution in [0.25, 0.3) is 0 Å². The summed E-state index contributed by atoms with van der Waals surface area (Å²) in [5.41, 5.74) is 1.53. The number of nitrogens with zero attached hydrogens (tertiary/aromatic N) is 3. The van der Waals surface area contributed by atoms with Gasteiger partial charge < -0.3 is 25.3 Å². The number of benzene rings is 2. The molecule has 1 heterocycles. The van der Waals surface area contributed by atoms with Gasteiger partial charge in [-0.15, -0.1) is 0 Å². The van der Waals surface area contributed by atoms with Crippen LogP contribution in [-0.4, -0.2) is 95.8 Å². The minimum Gasteiger partial charge on any atom is -0.478 e. The number of piperazine rings is 1. The fourth-order valence-electron chi connectivity index (χ4n) is 3.89. The van der Waals surface area contributed by atoms with Crippen molar-refractivity contribution in [1.82, 2.24) is 9.80 Å². The van der Waals surface area contributed by atoms with Crippen LogP contribution >= 0.6 is 11.6 Å². The minimum atomic E-state index is -5.08. The molecular weight excluding hydrogens is 557 g/mol. The van der Waals surface area contributed by atoms with Crippen LogP contribution in [-0.2, 0) is 9.59 Å². The predicted octanol–water partition coefficient (Wildman–Crippen LogP) is 3.91. The Morgan fingerprint density at radius 1 is 0.975 bits per heavy atom. The maximum atomic E-state index is 12.8. The molecule has 2 aromatic carbocycles. The summed E-state index contributed by atoms with van der Waals surface area (Å²) in [6, 6.07) is 11.4. The molecule has 14 heteroatoms. The van der Waals surface area contributed by atoms with Gasteiger partial charge in [-0.3, -0.25) is 14.5 Å². The van der Waals surface area contributed by atoms with Gasteiger partial charge in [-0.1, -0.05) is 23.7 Å². The molecule has 2 aromatic rings. The zero-order valence-electron chi connectivity index (χ0n) is 21.9. The van der Waals surface area contributed by atoms with Crippen LogP contribution in [0.4, 0.5) is 24.5 Å². The van der Waals surface area contributed by atoms with Crippen molar-refractivity contribution in [1.29, 1.82) is 0 Å². The van der Waals surface area contributed by atoms with Crippen molar-refractivity contribution in [2.45, 2.75) is 20.0 Å². The summed E-state index contributed by atoms with van der Waals surface area (Å²) in [5, 5.41) is 19.7. The average Bonchev–Trinajstić information content (AvgIpc) is 2.90. The van der Waals surface area contributed by atoms with Crippen LogP contribution in [0.5, 0.6) is 0 Å². The molecule has 0 aliphatic carbocycles. The maximum absolute atomic E-state index is 12.8. The standard InChI is InChI=1S/C24H29ClN4O4.C2HF3O2/c1-3-28(4-2)22(30)16-27-11-13-29(14-12-27)21-10-9-17(24(32)33)15-20(21)26-23(31)18-7-5-6-8-19(18)25;3-2(4,5)1(6)7/h5-10,15H,3-4,11-14,16H2,1-2H3,(H,26,31)(H,32,33);(H,6,7). The van der Waals surface area contributed by atoms with Gasteiger partial charge in [0, 0.05) is 39.3 Å². The van der Waals surface area contributed by atoms with E-state index in [9.17, 15) is 32.7 Å². The second kappa shape index (κ2) is 14.5. The van der Waals surface area contributed by atoms with Gasteiger partial charge >= 0.3 is 18.1 Å². The Bertz CT molecular complexity index is 1220. The fraction of sp³-hybridized carbons (Fsp3) is 0.385. The monoisotopic (exact) mass is 586 g/mol. The molecule has 1 fully saturated rings. The molecule has 0 radical (unpaired) electrons. The molecule has 1 aliphatic heterocycles. The van der Waals surface area contributed by atoms with Crippen molar-refractivity contribution >= 4 is 46.7 Å². The van der Waals surface area contributed by atoms with Gasteiger partial charge in [-0.05, 0) is 44.2 Å². The minimum absolute atomic E-state index is 0.0802. The van der Waals surface area contributed by atoms with Crippen LogP contribution in [0, 0.1) is 0 Å². The van der Waals surface area contributed by atoms with Crippen LogP contribution < -0.4 is 10.2 Å². The molecule has 0 atom stereocenters.